The van der Waals surface area contributed by atoms with Crippen molar-refractivity contribution in [3.8, 4) is 5.75 Å². The molecule has 0 bridgehead atoms. The third-order valence-corrected chi connectivity index (χ3v) is 8.99. The Bertz CT molecular complexity index is 1330. The summed E-state index contributed by atoms with van der Waals surface area (Å²) < 4.78 is 15.9. The summed E-state index contributed by atoms with van der Waals surface area (Å²) in [7, 11) is 5.11. The number of nitrogens with zero attached hydrogens (tertiary/aromatic N) is 2. The molecule has 5 atom stereocenters. The van der Waals surface area contributed by atoms with Crippen molar-refractivity contribution in [2.75, 3.05) is 21.1 Å². The molecule has 10 heteroatoms. The van der Waals surface area contributed by atoms with E-state index in [1.54, 1.807) is 19.0 Å². The number of carbonyl (C=O) groups is 2. The van der Waals surface area contributed by atoms with E-state index in [9.17, 15) is 30.0 Å². The van der Waals surface area contributed by atoms with Crippen molar-refractivity contribution in [2.24, 2.45) is 23.5 Å². The molecule has 1 saturated carbocycles. The van der Waals surface area contributed by atoms with Gasteiger partial charge < -0.3 is 26.2 Å². The topological polar surface area (TPSA) is 148 Å². The summed E-state index contributed by atoms with van der Waals surface area (Å²) in [5.41, 5.74) is 2.34. The molecule has 212 valence electrons. The first kappa shape index (κ1) is 28.8. The molecule has 0 unspecified atom stereocenters. The van der Waals surface area contributed by atoms with E-state index in [2.05, 4.69) is 20.4 Å². The van der Waals surface area contributed by atoms with Gasteiger partial charge in [0.15, 0.2) is 11.4 Å². The number of phenolic OH excluding ortho intramolecular Hbond substituents is 1. The van der Waals surface area contributed by atoms with Crippen molar-refractivity contribution in [3.63, 3.8) is 0 Å². The molecule has 0 aliphatic heterocycles. The number of primary amides is 1. The predicted octanol–water partition coefficient (Wildman–Crippen LogP) is 2.57. The molecule has 0 spiro atoms. The summed E-state index contributed by atoms with van der Waals surface area (Å²) in [4.78, 5) is 29.7. The van der Waals surface area contributed by atoms with Gasteiger partial charge in [0.25, 0.3) is 5.91 Å². The number of hydrogen-bond donors (Lipinski definition) is 5. The highest BCUT2D eigenvalue weighted by Crippen LogP contribution is 2.54. The van der Waals surface area contributed by atoms with Crippen LogP contribution in [-0.2, 0) is 22.6 Å². The third-order valence-electron chi connectivity index (χ3n) is 8.99. The summed E-state index contributed by atoms with van der Waals surface area (Å²) in [5.74, 6) is -5.28. The minimum absolute atomic E-state index is 0.0104. The number of Topliss-reactive ketones (excluding diaryl/α,β-unsaturated/α-hetero) is 1. The monoisotopic (exact) mass is 543 g/mol. The van der Waals surface area contributed by atoms with Crippen LogP contribution >= 0.6 is 0 Å². The average molecular weight is 544 g/mol. The highest BCUT2D eigenvalue weighted by molar-refractivity contribution is 6.13. The quantitative estimate of drug-likeness (QED) is 0.368. The molecule has 0 heterocycles. The standard InChI is InChI=1S/C29H38FN3O6/c1-12(2)14(4)33(7)11-16-10-19(34)22-17(23(16)30)8-15-9-18-24(32(5)6)26(36)20(28(31)38)13(3)29(18,39)27(37)21(15)25(22)35/h10,12,14-15,18,24,34-36,39H,3,8-9,11H2,1-2,4-7H3,(H2,31,38)/t14-,15+,18+,24+,29+/m1/s1. The van der Waals surface area contributed by atoms with Crippen LogP contribution in [0.3, 0.4) is 0 Å². The fourth-order valence-corrected chi connectivity index (χ4v) is 6.55. The average Bonchev–Trinajstić information content (AvgIpc) is 2.83. The molecule has 0 radical (unpaired) electrons. The normalized spacial score (nSPS) is 27.7. The molecule has 6 N–H and O–H groups in total. The Kier molecular flexibility index (Phi) is 7.21. The number of halogens is 1. The summed E-state index contributed by atoms with van der Waals surface area (Å²) >= 11 is 0. The zero-order valence-corrected chi connectivity index (χ0v) is 23.2. The van der Waals surface area contributed by atoms with Crippen LogP contribution in [-0.4, -0.2) is 80.7 Å². The number of rotatable bonds is 6. The van der Waals surface area contributed by atoms with Gasteiger partial charge in [0.05, 0.1) is 17.2 Å². The molecule has 3 aliphatic carbocycles. The minimum Gasteiger partial charge on any atom is -0.510 e. The third kappa shape index (κ3) is 4.16. The molecular formula is C29H38FN3O6. The highest BCUT2D eigenvalue weighted by Gasteiger charge is 2.62. The molecule has 0 aromatic heterocycles. The molecule has 0 saturated heterocycles. The Morgan fingerprint density at radius 2 is 1.85 bits per heavy atom. The number of amides is 1. The number of fused-ring (bicyclic) bond motifs is 3. The van der Waals surface area contributed by atoms with Crippen LogP contribution in [0.5, 0.6) is 5.75 Å². The second kappa shape index (κ2) is 9.76. The number of aromatic hydroxyl groups is 1. The summed E-state index contributed by atoms with van der Waals surface area (Å²) in [6, 6.07) is 0.435. The number of phenols is 1. The van der Waals surface area contributed by atoms with Crippen molar-refractivity contribution >= 4 is 17.4 Å². The lowest BCUT2D eigenvalue weighted by Gasteiger charge is -2.52. The van der Waals surface area contributed by atoms with E-state index in [0.29, 0.717) is 5.92 Å². The van der Waals surface area contributed by atoms with Crippen LogP contribution in [0.1, 0.15) is 43.9 Å². The fraction of sp³-hybridized carbons (Fsp3) is 0.517. The molecule has 1 aromatic rings. The van der Waals surface area contributed by atoms with Gasteiger partial charge in [-0.3, -0.25) is 19.4 Å². The highest BCUT2D eigenvalue weighted by atomic mass is 19.1. The maximum Gasteiger partial charge on any atom is 0.252 e. The Balaban J connectivity index is 1.86. The number of likely N-dealkylation sites (N-methyl/N-ethyl adjacent to an activating group) is 1. The van der Waals surface area contributed by atoms with E-state index >= 15 is 4.39 Å². The van der Waals surface area contributed by atoms with E-state index in [4.69, 9.17) is 5.73 Å². The van der Waals surface area contributed by atoms with Crippen molar-refractivity contribution in [1.82, 2.24) is 9.80 Å². The lowest BCUT2D eigenvalue weighted by Crippen LogP contribution is -2.63. The second-order valence-corrected chi connectivity index (χ2v) is 11.7. The first-order valence-electron chi connectivity index (χ1n) is 13.1. The maximum atomic E-state index is 15.9. The maximum absolute atomic E-state index is 15.9. The van der Waals surface area contributed by atoms with Gasteiger partial charge in [0.1, 0.15) is 23.1 Å². The Morgan fingerprint density at radius 1 is 1.23 bits per heavy atom. The molecule has 1 amide bonds. The number of aliphatic hydroxyl groups is 3. The Hall–Kier alpha value is -3.21. The van der Waals surface area contributed by atoms with Crippen LogP contribution < -0.4 is 5.73 Å². The molecule has 4 rings (SSSR count). The van der Waals surface area contributed by atoms with E-state index in [0.717, 1.165) is 0 Å². The van der Waals surface area contributed by atoms with Crippen LogP contribution in [0.15, 0.2) is 35.1 Å². The fourth-order valence-electron chi connectivity index (χ4n) is 6.55. The molecule has 39 heavy (non-hydrogen) atoms. The lowest BCUT2D eigenvalue weighted by atomic mass is 9.56. The SMILES string of the molecule is C=C1C(C(N)=O)=C(O)[C@@H](N(C)C)[C@@H]2C[C@@H]3Cc4c(F)c(CN(C)[C@H](C)C(C)C)cc(O)c4C(O)=C3C(=O)[C@]12O. The van der Waals surface area contributed by atoms with Crippen molar-refractivity contribution in [2.45, 2.75) is 57.8 Å². The summed E-state index contributed by atoms with van der Waals surface area (Å²) in [6.45, 7) is 10.1. The van der Waals surface area contributed by atoms with Gasteiger partial charge in [0.2, 0.25) is 0 Å². The Morgan fingerprint density at radius 3 is 2.38 bits per heavy atom. The molecule has 3 aliphatic rings. The minimum atomic E-state index is -2.35. The number of benzene rings is 1. The van der Waals surface area contributed by atoms with Gasteiger partial charge in [0, 0.05) is 40.8 Å². The van der Waals surface area contributed by atoms with Gasteiger partial charge in [-0.25, -0.2) is 4.39 Å². The van der Waals surface area contributed by atoms with Crippen molar-refractivity contribution in [1.29, 1.82) is 0 Å². The largest absolute Gasteiger partial charge is 0.510 e. The number of aliphatic hydroxyl groups excluding tert-OH is 2. The van der Waals surface area contributed by atoms with Gasteiger partial charge in [-0.15, -0.1) is 0 Å². The van der Waals surface area contributed by atoms with E-state index in [-0.39, 0.29) is 59.0 Å². The van der Waals surface area contributed by atoms with E-state index in [1.807, 2.05) is 18.9 Å². The van der Waals surface area contributed by atoms with Gasteiger partial charge >= 0.3 is 0 Å². The smallest absolute Gasteiger partial charge is 0.252 e. The van der Waals surface area contributed by atoms with Gasteiger partial charge in [-0.2, -0.15) is 0 Å². The van der Waals surface area contributed by atoms with Crippen molar-refractivity contribution in [3.05, 3.63) is 57.6 Å². The molecule has 1 fully saturated rings. The second-order valence-electron chi connectivity index (χ2n) is 11.7. The number of nitrogens with two attached hydrogens (primary N) is 1. The Labute approximate surface area is 227 Å². The molecular weight excluding hydrogens is 505 g/mol. The zero-order chi connectivity index (χ0) is 29.3. The first-order chi connectivity index (χ1) is 18.0. The van der Waals surface area contributed by atoms with Crippen LogP contribution in [0.25, 0.3) is 5.76 Å². The summed E-state index contributed by atoms with van der Waals surface area (Å²) in [5, 5.41) is 45.0. The molecule has 1 aromatic carbocycles. The zero-order valence-electron chi connectivity index (χ0n) is 23.2. The van der Waals surface area contributed by atoms with Gasteiger partial charge in [-0.1, -0.05) is 20.4 Å². The van der Waals surface area contributed by atoms with Crippen LogP contribution in [0.2, 0.25) is 0 Å². The lowest BCUT2D eigenvalue weighted by molar-refractivity contribution is -0.143. The number of hydrogen-bond acceptors (Lipinski definition) is 8. The number of ketones is 1. The first-order valence-corrected chi connectivity index (χ1v) is 13.1. The van der Waals surface area contributed by atoms with Crippen molar-refractivity contribution < 1.29 is 34.4 Å². The van der Waals surface area contributed by atoms with E-state index < -0.39 is 58.1 Å². The van der Waals surface area contributed by atoms with E-state index in [1.165, 1.54) is 6.07 Å². The van der Waals surface area contributed by atoms with Crippen LogP contribution in [0, 0.1) is 23.6 Å². The van der Waals surface area contributed by atoms with Gasteiger partial charge in [-0.05, 0) is 58.8 Å². The number of carbonyl (C=O) groups excluding carboxylic acids is 2. The predicted molar refractivity (Wildman–Crippen MR) is 144 cm³/mol. The summed E-state index contributed by atoms with van der Waals surface area (Å²) in [6.07, 6.45) is 0.0528. The molecule has 9 nitrogen and oxygen atoms in total. The van der Waals surface area contributed by atoms with Crippen LogP contribution in [0.4, 0.5) is 4.39 Å².